The number of hydrogen-bond acceptors (Lipinski definition) is 8. The molecule has 37 heavy (non-hydrogen) atoms. The van der Waals surface area contributed by atoms with E-state index in [0.717, 1.165) is 10.8 Å². The lowest BCUT2D eigenvalue weighted by Crippen LogP contribution is -2.51. The molecule has 9 nitrogen and oxygen atoms in total. The van der Waals surface area contributed by atoms with E-state index in [0.29, 0.717) is 12.6 Å². The van der Waals surface area contributed by atoms with Crippen molar-refractivity contribution in [1.82, 2.24) is 14.5 Å². The van der Waals surface area contributed by atoms with Gasteiger partial charge in [0.2, 0.25) is 5.43 Å². The van der Waals surface area contributed by atoms with Crippen molar-refractivity contribution in [2.45, 2.75) is 13.0 Å². The molecule has 0 atom stereocenters. The average molecular weight is 562 g/mol. The molecule has 0 spiro atoms. The molecule has 1 saturated heterocycles. The molecule has 4 rings (SSSR count). The molecule has 1 aliphatic rings. The third-order valence-electron chi connectivity index (χ3n) is 5.87. The van der Waals surface area contributed by atoms with E-state index in [1.807, 2.05) is 0 Å². The average Bonchev–Trinajstić information content (AvgIpc) is 2.78. The van der Waals surface area contributed by atoms with Gasteiger partial charge in [0.25, 0.3) is 0 Å². The molecule has 0 saturated carbocycles. The maximum absolute atomic E-state index is 15.5. The van der Waals surface area contributed by atoms with Crippen LogP contribution in [0, 0.1) is 24.4 Å². The highest BCUT2D eigenvalue weighted by Crippen LogP contribution is 2.40. The molecule has 1 aliphatic heterocycles. The Morgan fingerprint density at radius 3 is 2.54 bits per heavy atom. The summed E-state index contributed by atoms with van der Waals surface area (Å²) in [5.41, 5.74) is 3.69. The molecule has 1 fully saturated rings. The minimum Gasteiger partial charge on any atom is -0.461 e. The number of benzene rings is 1. The lowest BCUT2D eigenvalue weighted by atomic mass is 10.0. The molecule has 3 heterocycles. The summed E-state index contributed by atoms with van der Waals surface area (Å²) >= 11 is 6.57. The number of carbonyl (C=O) groups excluding carboxylic acids is 1. The van der Waals surface area contributed by atoms with Crippen molar-refractivity contribution in [1.29, 1.82) is 0 Å². The molecule has 3 aromatic rings. The Hall–Kier alpha value is -3.06. The first-order valence-electron chi connectivity index (χ1n) is 10.9. The van der Waals surface area contributed by atoms with E-state index in [9.17, 15) is 23.5 Å². The van der Waals surface area contributed by atoms with Crippen LogP contribution >= 0.6 is 24.0 Å². The summed E-state index contributed by atoms with van der Waals surface area (Å²) in [6.45, 7) is 1.78. The van der Waals surface area contributed by atoms with E-state index < -0.39 is 52.2 Å². The molecular formula is C23H24Cl2F3N5O4. The zero-order valence-corrected chi connectivity index (χ0v) is 21.6. The van der Waals surface area contributed by atoms with Crippen molar-refractivity contribution in [3.05, 3.63) is 56.1 Å². The van der Waals surface area contributed by atoms with Crippen LogP contribution in [0.3, 0.4) is 0 Å². The molecule has 2 aromatic heterocycles. The number of halogens is 5. The van der Waals surface area contributed by atoms with Gasteiger partial charge in [-0.05, 0) is 21.0 Å². The number of fused-ring (bicyclic) bond motifs is 1. The third kappa shape index (κ3) is 5.06. The number of aliphatic hydroxyl groups is 1. The van der Waals surface area contributed by atoms with Gasteiger partial charge >= 0.3 is 5.97 Å². The molecule has 200 valence electrons. The molecule has 0 amide bonds. The summed E-state index contributed by atoms with van der Waals surface area (Å²) in [5.74, 6) is -5.36. The van der Waals surface area contributed by atoms with Crippen molar-refractivity contribution < 1.29 is 27.8 Å². The van der Waals surface area contributed by atoms with Crippen molar-refractivity contribution in [3.8, 4) is 5.82 Å². The first kappa shape index (κ1) is 28.5. The molecular weight excluding hydrogens is 538 g/mol. The topological polar surface area (TPSA) is 114 Å². The lowest BCUT2D eigenvalue weighted by Gasteiger charge is -2.39. The number of ether oxygens (including phenoxy) is 1. The second-order valence-corrected chi connectivity index (χ2v) is 9.10. The van der Waals surface area contributed by atoms with Crippen LogP contribution in [0.25, 0.3) is 16.7 Å². The molecule has 0 aliphatic carbocycles. The second-order valence-electron chi connectivity index (χ2n) is 8.73. The Labute approximate surface area is 220 Å². The number of carbonyl (C=O) groups is 1. The fraction of sp³-hybridized carbons (Fsp3) is 0.348. The maximum Gasteiger partial charge on any atom is 0.343 e. The molecule has 0 bridgehead atoms. The van der Waals surface area contributed by atoms with E-state index >= 15 is 4.39 Å². The van der Waals surface area contributed by atoms with Crippen LogP contribution in [-0.4, -0.2) is 72.0 Å². The fourth-order valence-corrected chi connectivity index (χ4v) is 4.33. The molecule has 14 heteroatoms. The third-order valence-corrected chi connectivity index (χ3v) is 6.23. The SMILES string of the molecule is Cc1c(F)c(N2CC(O)C2)c(Cl)c2c1c(=O)c(C(=O)OCCN(C)C)cn2-c1nc(N)c(F)cc1F.Cl. The van der Waals surface area contributed by atoms with Gasteiger partial charge in [-0.1, -0.05) is 11.6 Å². The molecule has 3 N–H and O–H groups in total. The predicted molar refractivity (Wildman–Crippen MR) is 136 cm³/mol. The molecule has 0 radical (unpaired) electrons. The van der Waals surface area contributed by atoms with Gasteiger partial charge in [0, 0.05) is 37.5 Å². The van der Waals surface area contributed by atoms with E-state index in [4.69, 9.17) is 22.1 Å². The van der Waals surface area contributed by atoms with Crippen molar-refractivity contribution in [2.24, 2.45) is 0 Å². The van der Waals surface area contributed by atoms with E-state index in [1.165, 1.54) is 11.8 Å². The van der Waals surface area contributed by atoms with E-state index in [1.54, 1.807) is 19.0 Å². The van der Waals surface area contributed by atoms with Crippen LogP contribution in [0.1, 0.15) is 15.9 Å². The molecule has 1 aromatic carbocycles. The first-order valence-corrected chi connectivity index (χ1v) is 11.2. The van der Waals surface area contributed by atoms with Gasteiger partial charge in [0.15, 0.2) is 29.1 Å². The van der Waals surface area contributed by atoms with Gasteiger partial charge in [-0.3, -0.25) is 9.36 Å². The summed E-state index contributed by atoms with van der Waals surface area (Å²) in [6.07, 6.45) is 0.262. The van der Waals surface area contributed by atoms with Crippen LogP contribution in [-0.2, 0) is 4.74 Å². The van der Waals surface area contributed by atoms with Crippen LogP contribution in [0.5, 0.6) is 0 Å². The van der Waals surface area contributed by atoms with Gasteiger partial charge in [-0.25, -0.2) is 22.9 Å². The summed E-state index contributed by atoms with van der Waals surface area (Å²) in [7, 11) is 3.51. The van der Waals surface area contributed by atoms with Crippen molar-refractivity contribution in [2.75, 3.05) is 51.0 Å². The van der Waals surface area contributed by atoms with Crippen LogP contribution < -0.4 is 16.1 Å². The number of aryl methyl sites for hydroxylation is 1. The quantitative estimate of drug-likeness (QED) is 0.441. The van der Waals surface area contributed by atoms with Crippen molar-refractivity contribution >= 4 is 52.4 Å². The number of hydrogen-bond donors (Lipinski definition) is 2. The fourth-order valence-electron chi connectivity index (χ4n) is 3.94. The lowest BCUT2D eigenvalue weighted by molar-refractivity contribution is 0.0480. The number of likely N-dealkylation sites (N-methyl/N-ethyl adjacent to an activating group) is 1. The number of esters is 1. The Morgan fingerprint density at radius 1 is 1.30 bits per heavy atom. The van der Waals surface area contributed by atoms with Gasteiger partial charge in [-0.15, -0.1) is 12.4 Å². The number of aromatic nitrogens is 2. The summed E-state index contributed by atoms with van der Waals surface area (Å²) in [5, 5.41) is 9.10. The Kier molecular flexibility index (Phi) is 8.27. The number of nitrogen functional groups attached to an aromatic ring is 1. The summed E-state index contributed by atoms with van der Waals surface area (Å²) in [4.78, 5) is 33.2. The Balaban J connectivity index is 0.00000380. The number of anilines is 2. The standard InChI is InChI=1S/C23H23ClF3N5O4.ClH/c1-10-15-18(16(24)19(17(10)27)31-7-11(33)8-31)32(22-14(26)6-13(25)21(28)29-22)9-12(20(15)34)23(35)36-5-4-30(2)3;/h6,9,11,33H,4-5,7-8H2,1-3H3,(H2,28,29);1H. The van der Waals surface area contributed by atoms with Crippen LogP contribution in [0.4, 0.5) is 24.7 Å². The minimum atomic E-state index is -1.17. The highest BCUT2D eigenvalue weighted by atomic mass is 35.5. The summed E-state index contributed by atoms with van der Waals surface area (Å²) in [6, 6.07) is 0.494. The monoisotopic (exact) mass is 561 g/mol. The van der Waals surface area contributed by atoms with E-state index in [2.05, 4.69) is 4.98 Å². The van der Waals surface area contributed by atoms with Gasteiger partial charge < -0.3 is 25.4 Å². The largest absolute Gasteiger partial charge is 0.461 e. The van der Waals surface area contributed by atoms with E-state index in [-0.39, 0.29) is 59.3 Å². The zero-order chi connectivity index (χ0) is 26.5. The number of rotatable bonds is 6. The number of pyridine rings is 2. The predicted octanol–water partition coefficient (Wildman–Crippen LogP) is 2.67. The zero-order valence-electron chi connectivity index (χ0n) is 20.0. The smallest absolute Gasteiger partial charge is 0.343 e. The maximum atomic E-state index is 15.5. The minimum absolute atomic E-state index is 0. The highest BCUT2D eigenvalue weighted by molar-refractivity contribution is 6.38. The van der Waals surface area contributed by atoms with Crippen molar-refractivity contribution in [3.63, 3.8) is 0 Å². The Bertz CT molecular complexity index is 1440. The Morgan fingerprint density at radius 2 is 1.95 bits per heavy atom. The van der Waals surface area contributed by atoms with Gasteiger partial charge in [0.05, 0.1) is 27.7 Å². The van der Waals surface area contributed by atoms with Gasteiger partial charge in [-0.2, -0.15) is 0 Å². The summed E-state index contributed by atoms with van der Waals surface area (Å²) < 4.78 is 50.4. The normalized spacial score (nSPS) is 13.6. The number of nitrogens with two attached hydrogens (primary N) is 1. The number of β-amino-alcohol motifs (C(OH)–C–C–N with tert-alkyl or cyclic N) is 1. The first-order chi connectivity index (χ1) is 16.9. The van der Waals surface area contributed by atoms with Gasteiger partial charge in [0.1, 0.15) is 12.2 Å². The number of aliphatic hydroxyl groups excluding tert-OH is 1. The second kappa shape index (κ2) is 10.7. The number of nitrogens with zero attached hydrogens (tertiary/aromatic N) is 4. The highest BCUT2D eigenvalue weighted by Gasteiger charge is 2.33. The molecule has 0 unspecified atom stereocenters. The van der Waals surface area contributed by atoms with Crippen LogP contribution in [0.15, 0.2) is 17.1 Å². The van der Waals surface area contributed by atoms with Crippen LogP contribution in [0.2, 0.25) is 5.02 Å².